The molecule has 1 atom stereocenters. The molecule has 3 heteroatoms. The van der Waals surface area contributed by atoms with Crippen LogP contribution in [0.2, 0.25) is 0 Å². The second kappa shape index (κ2) is 7.06. The summed E-state index contributed by atoms with van der Waals surface area (Å²) < 4.78 is 19.1. The van der Waals surface area contributed by atoms with Gasteiger partial charge >= 0.3 is 0 Å². The number of ether oxygens (including phenoxy) is 1. The van der Waals surface area contributed by atoms with Crippen molar-refractivity contribution < 1.29 is 9.13 Å². The zero-order valence-corrected chi connectivity index (χ0v) is 11.9. The minimum Gasteiger partial charge on any atom is -0.493 e. The van der Waals surface area contributed by atoms with Crippen molar-refractivity contribution in [2.45, 2.75) is 19.4 Å². The van der Waals surface area contributed by atoms with Crippen LogP contribution in [-0.4, -0.2) is 13.7 Å². The maximum Gasteiger partial charge on any atom is 0.126 e. The van der Waals surface area contributed by atoms with E-state index in [0.29, 0.717) is 12.4 Å². The van der Waals surface area contributed by atoms with Crippen LogP contribution in [0, 0.1) is 5.82 Å². The van der Waals surface area contributed by atoms with Crippen LogP contribution in [0.25, 0.3) is 0 Å². The van der Waals surface area contributed by atoms with Gasteiger partial charge < -0.3 is 10.1 Å². The fourth-order valence-corrected chi connectivity index (χ4v) is 2.07. The first-order valence-corrected chi connectivity index (χ1v) is 6.84. The molecule has 0 saturated carbocycles. The Kier molecular flexibility index (Phi) is 5.13. The lowest BCUT2D eigenvalue weighted by Crippen LogP contribution is -2.14. The van der Waals surface area contributed by atoms with E-state index in [9.17, 15) is 4.39 Å². The summed E-state index contributed by atoms with van der Waals surface area (Å²) in [4.78, 5) is 0. The Morgan fingerprint density at radius 1 is 1.15 bits per heavy atom. The van der Waals surface area contributed by atoms with Crippen LogP contribution in [0.15, 0.2) is 48.5 Å². The average Bonchev–Trinajstić information content (AvgIpc) is 2.48. The van der Waals surface area contributed by atoms with Gasteiger partial charge in [-0.05, 0) is 25.6 Å². The van der Waals surface area contributed by atoms with Crippen LogP contribution < -0.4 is 10.1 Å². The molecule has 0 radical (unpaired) electrons. The maximum absolute atomic E-state index is 13.4. The maximum atomic E-state index is 13.4. The smallest absolute Gasteiger partial charge is 0.126 e. The molecule has 1 N–H and O–H groups in total. The fraction of sp³-hybridized carbons (Fsp3) is 0.294. The Bertz CT molecular complexity index is 542. The zero-order chi connectivity index (χ0) is 14.4. The number of nitrogens with one attached hydrogen (secondary N) is 1. The van der Waals surface area contributed by atoms with Crippen LogP contribution in [0.3, 0.4) is 0 Å². The third-order valence-corrected chi connectivity index (χ3v) is 3.37. The van der Waals surface area contributed by atoms with Gasteiger partial charge in [-0.3, -0.25) is 0 Å². The highest BCUT2D eigenvalue weighted by Gasteiger charge is 2.11. The molecule has 20 heavy (non-hydrogen) atoms. The second-order valence-electron chi connectivity index (χ2n) is 4.78. The predicted molar refractivity (Wildman–Crippen MR) is 79.5 cm³/mol. The molecule has 2 rings (SSSR count). The van der Waals surface area contributed by atoms with Crippen LogP contribution in [-0.2, 0) is 6.42 Å². The highest BCUT2D eigenvalue weighted by molar-refractivity contribution is 5.36. The average molecular weight is 273 g/mol. The minimum absolute atomic E-state index is 0.127. The van der Waals surface area contributed by atoms with E-state index in [0.717, 1.165) is 12.0 Å². The van der Waals surface area contributed by atoms with Gasteiger partial charge in [0.15, 0.2) is 0 Å². The molecule has 106 valence electrons. The third-order valence-electron chi connectivity index (χ3n) is 3.37. The first-order valence-electron chi connectivity index (χ1n) is 6.84. The predicted octanol–water partition coefficient (Wildman–Crippen LogP) is 3.73. The number of benzene rings is 2. The van der Waals surface area contributed by atoms with Gasteiger partial charge in [-0.25, -0.2) is 4.39 Å². The highest BCUT2D eigenvalue weighted by atomic mass is 19.1. The molecule has 2 aromatic carbocycles. The van der Waals surface area contributed by atoms with E-state index in [1.54, 1.807) is 6.07 Å². The van der Waals surface area contributed by atoms with Gasteiger partial charge in [-0.1, -0.05) is 36.4 Å². The van der Waals surface area contributed by atoms with Crippen LogP contribution >= 0.6 is 0 Å². The standard InChI is InChI=1S/C17H20FNO/c1-13(19-2)16-9-8-15(18)12-17(16)20-11-10-14-6-4-3-5-7-14/h3-9,12-13,19H,10-11H2,1-2H3. The summed E-state index contributed by atoms with van der Waals surface area (Å²) in [6.45, 7) is 2.56. The monoisotopic (exact) mass is 273 g/mol. The molecular formula is C17H20FNO. The summed E-state index contributed by atoms with van der Waals surface area (Å²) >= 11 is 0. The molecule has 0 bridgehead atoms. The lowest BCUT2D eigenvalue weighted by Gasteiger charge is -2.16. The molecular weight excluding hydrogens is 253 g/mol. The molecule has 0 fully saturated rings. The molecule has 0 spiro atoms. The van der Waals surface area contributed by atoms with Crippen LogP contribution in [0.4, 0.5) is 4.39 Å². The van der Waals surface area contributed by atoms with Crippen molar-refractivity contribution in [3.05, 3.63) is 65.5 Å². The van der Waals surface area contributed by atoms with Gasteiger partial charge in [0.2, 0.25) is 0 Å². The first-order chi connectivity index (χ1) is 9.70. The van der Waals surface area contributed by atoms with Crippen molar-refractivity contribution in [1.29, 1.82) is 0 Å². The van der Waals surface area contributed by atoms with E-state index in [-0.39, 0.29) is 11.9 Å². The number of halogens is 1. The Balaban J connectivity index is 2.03. The van der Waals surface area contributed by atoms with Gasteiger partial charge in [0, 0.05) is 24.1 Å². The topological polar surface area (TPSA) is 21.3 Å². The summed E-state index contributed by atoms with van der Waals surface area (Å²) in [7, 11) is 1.88. The normalized spacial score (nSPS) is 12.2. The van der Waals surface area contributed by atoms with Crippen molar-refractivity contribution in [3.63, 3.8) is 0 Å². The van der Waals surface area contributed by atoms with E-state index >= 15 is 0 Å². The van der Waals surface area contributed by atoms with Crippen molar-refractivity contribution in [2.24, 2.45) is 0 Å². The van der Waals surface area contributed by atoms with E-state index in [1.807, 2.05) is 32.2 Å². The lowest BCUT2D eigenvalue weighted by atomic mass is 10.1. The molecule has 2 aromatic rings. The Hall–Kier alpha value is -1.87. The van der Waals surface area contributed by atoms with E-state index in [4.69, 9.17) is 4.74 Å². The van der Waals surface area contributed by atoms with E-state index in [2.05, 4.69) is 17.4 Å². The van der Waals surface area contributed by atoms with Crippen molar-refractivity contribution in [3.8, 4) is 5.75 Å². The fourth-order valence-electron chi connectivity index (χ4n) is 2.07. The molecule has 0 aromatic heterocycles. The molecule has 0 aliphatic heterocycles. The van der Waals surface area contributed by atoms with Crippen molar-refractivity contribution in [1.82, 2.24) is 5.32 Å². The molecule has 2 nitrogen and oxygen atoms in total. The van der Waals surface area contributed by atoms with E-state index in [1.165, 1.54) is 17.7 Å². The van der Waals surface area contributed by atoms with Gasteiger partial charge in [0.05, 0.1) is 6.61 Å². The van der Waals surface area contributed by atoms with Crippen LogP contribution in [0.1, 0.15) is 24.1 Å². The second-order valence-corrected chi connectivity index (χ2v) is 4.78. The molecule has 1 unspecified atom stereocenters. The summed E-state index contributed by atoms with van der Waals surface area (Å²) in [5.41, 5.74) is 2.19. The number of hydrogen-bond donors (Lipinski definition) is 1. The summed E-state index contributed by atoms with van der Waals surface area (Å²) in [6.07, 6.45) is 0.810. The first kappa shape index (κ1) is 14.5. The van der Waals surface area contributed by atoms with Gasteiger partial charge in [0.25, 0.3) is 0 Å². The SMILES string of the molecule is CNC(C)c1ccc(F)cc1OCCc1ccccc1. The largest absolute Gasteiger partial charge is 0.493 e. The third kappa shape index (κ3) is 3.81. The van der Waals surface area contributed by atoms with Crippen molar-refractivity contribution in [2.75, 3.05) is 13.7 Å². The number of hydrogen-bond acceptors (Lipinski definition) is 2. The Morgan fingerprint density at radius 2 is 1.90 bits per heavy atom. The zero-order valence-electron chi connectivity index (χ0n) is 11.9. The number of rotatable bonds is 6. The van der Waals surface area contributed by atoms with Gasteiger partial charge in [0.1, 0.15) is 11.6 Å². The molecule has 0 aliphatic carbocycles. The summed E-state index contributed by atoms with van der Waals surface area (Å²) in [5, 5.41) is 3.15. The molecule has 0 saturated heterocycles. The van der Waals surface area contributed by atoms with E-state index < -0.39 is 0 Å². The van der Waals surface area contributed by atoms with Crippen molar-refractivity contribution >= 4 is 0 Å². The van der Waals surface area contributed by atoms with Crippen LogP contribution in [0.5, 0.6) is 5.75 Å². The Morgan fingerprint density at radius 3 is 2.60 bits per heavy atom. The molecule has 0 amide bonds. The lowest BCUT2D eigenvalue weighted by molar-refractivity contribution is 0.314. The van der Waals surface area contributed by atoms with Gasteiger partial charge in [-0.2, -0.15) is 0 Å². The minimum atomic E-state index is -0.272. The summed E-state index contributed by atoms with van der Waals surface area (Å²) in [6, 6.07) is 14.9. The van der Waals surface area contributed by atoms with Gasteiger partial charge in [-0.15, -0.1) is 0 Å². The molecule has 0 heterocycles. The quantitative estimate of drug-likeness (QED) is 0.866. The Labute approximate surface area is 119 Å². The molecule has 0 aliphatic rings. The highest BCUT2D eigenvalue weighted by Crippen LogP contribution is 2.26. The summed E-state index contributed by atoms with van der Waals surface area (Å²) in [5.74, 6) is 0.342.